The number of anilines is 1. The highest BCUT2D eigenvalue weighted by atomic mass is 16.4. The average molecular weight is 178 g/mol. The van der Waals surface area contributed by atoms with Gasteiger partial charge in [0.15, 0.2) is 0 Å². The van der Waals surface area contributed by atoms with Crippen LogP contribution in [0.2, 0.25) is 0 Å². The summed E-state index contributed by atoms with van der Waals surface area (Å²) in [7, 11) is 1.47. The second-order valence-electron chi connectivity index (χ2n) is 3.09. The fraction of sp³-hybridized carbons (Fsp3) is 0.300. The van der Waals surface area contributed by atoms with Crippen molar-refractivity contribution in [2.24, 2.45) is 0 Å². The topological polar surface area (TPSA) is 43.4 Å². The molecule has 3 heteroatoms. The SMILES string of the molecule is Cc1ccc(N(C)C(=O)[O-])cc1C. The number of aryl methyl sites for hydroxylation is 2. The first-order valence-electron chi connectivity index (χ1n) is 4.04. The van der Waals surface area contributed by atoms with Gasteiger partial charge in [0.2, 0.25) is 0 Å². The molecule has 1 amide bonds. The van der Waals surface area contributed by atoms with Gasteiger partial charge in [-0.2, -0.15) is 0 Å². The molecule has 0 aliphatic rings. The zero-order valence-corrected chi connectivity index (χ0v) is 8.00. The lowest BCUT2D eigenvalue weighted by molar-refractivity contribution is -0.246. The van der Waals surface area contributed by atoms with E-state index in [9.17, 15) is 9.90 Å². The Morgan fingerprint density at radius 3 is 2.38 bits per heavy atom. The summed E-state index contributed by atoms with van der Waals surface area (Å²) in [6, 6.07) is 5.48. The number of nitrogens with zero attached hydrogens (tertiary/aromatic N) is 1. The number of benzene rings is 1. The van der Waals surface area contributed by atoms with Crippen molar-refractivity contribution in [3.05, 3.63) is 29.3 Å². The first-order valence-corrected chi connectivity index (χ1v) is 4.04. The highest BCUT2D eigenvalue weighted by Crippen LogP contribution is 2.16. The molecule has 0 aliphatic carbocycles. The number of amides is 1. The largest absolute Gasteiger partial charge is 0.530 e. The van der Waals surface area contributed by atoms with E-state index < -0.39 is 6.09 Å². The summed E-state index contributed by atoms with van der Waals surface area (Å²) in [4.78, 5) is 11.6. The van der Waals surface area contributed by atoms with Crippen LogP contribution in [0.1, 0.15) is 11.1 Å². The van der Waals surface area contributed by atoms with Crippen molar-refractivity contribution in [3.63, 3.8) is 0 Å². The van der Waals surface area contributed by atoms with Crippen LogP contribution >= 0.6 is 0 Å². The highest BCUT2D eigenvalue weighted by molar-refractivity contribution is 5.83. The molecule has 1 aromatic carbocycles. The van der Waals surface area contributed by atoms with E-state index in [0.717, 1.165) is 16.0 Å². The summed E-state index contributed by atoms with van der Waals surface area (Å²) in [5.41, 5.74) is 2.86. The van der Waals surface area contributed by atoms with E-state index in [1.165, 1.54) is 7.05 Å². The van der Waals surface area contributed by atoms with Crippen LogP contribution in [0.25, 0.3) is 0 Å². The van der Waals surface area contributed by atoms with E-state index in [4.69, 9.17) is 0 Å². The van der Waals surface area contributed by atoms with Gasteiger partial charge in [-0.15, -0.1) is 0 Å². The standard InChI is InChI=1S/C10H13NO2/c1-7-4-5-9(6-8(7)2)11(3)10(12)13/h4-6H,1-3H3,(H,12,13)/p-1. The maximum absolute atomic E-state index is 10.5. The van der Waals surface area contributed by atoms with Gasteiger partial charge in [-0.25, -0.2) is 0 Å². The molecule has 0 unspecified atom stereocenters. The Hall–Kier alpha value is -1.51. The third kappa shape index (κ3) is 1.99. The molecule has 0 aliphatic heterocycles. The summed E-state index contributed by atoms with van der Waals surface area (Å²) in [5, 5.41) is 10.5. The van der Waals surface area contributed by atoms with Gasteiger partial charge in [-0.3, -0.25) is 0 Å². The molecule has 0 saturated heterocycles. The fourth-order valence-corrected chi connectivity index (χ4v) is 1.04. The van der Waals surface area contributed by atoms with Crippen molar-refractivity contribution in [1.82, 2.24) is 0 Å². The van der Waals surface area contributed by atoms with Crippen LogP contribution in [0.3, 0.4) is 0 Å². The molecule has 70 valence electrons. The highest BCUT2D eigenvalue weighted by Gasteiger charge is 2.01. The quantitative estimate of drug-likeness (QED) is 0.646. The van der Waals surface area contributed by atoms with Gasteiger partial charge in [-0.1, -0.05) is 6.07 Å². The Morgan fingerprint density at radius 2 is 1.92 bits per heavy atom. The maximum atomic E-state index is 10.5. The van der Waals surface area contributed by atoms with Gasteiger partial charge in [0.05, 0.1) is 0 Å². The first kappa shape index (κ1) is 9.58. The van der Waals surface area contributed by atoms with Crippen molar-refractivity contribution >= 4 is 11.8 Å². The molecule has 0 fully saturated rings. The Balaban J connectivity index is 3.03. The lowest BCUT2D eigenvalue weighted by Crippen LogP contribution is -2.38. The molecular formula is C10H12NO2-. The van der Waals surface area contributed by atoms with Crippen LogP contribution in [0, 0.1) is 13.8 Å². The predicted octanol–water partition coefficient (Wildman–Crippen LogP) is 1.08. The number of carboxylic acid groups (broad SMARTS) is 1. The van der Waals surface area contributed by atoms with Crippen LogP contribution in [-0.2, 0) is 0 Å². The number of rotatable bonds is 1. The summed E-state index contributed by atoms with van der Waals surface area (Å²) in [6.07, 6.45) is -1.19. The fourth-order valence-electron chi connectivity index (χ4n) is 1.04. The van der Waals surface area contributed by atoms with Crippen molar-refractivity contribution in [2.45, 2.75) is 13.8 Å². The van der Waals surface area contributed by atoms with E-state index in [-0.39, 0.29) is 0 Å². The minimum atomic E-state index is -1.19. The van der Waals surface area contributed by atoms with Gasteiger partial charge in [0.1, 0.15) is 6.09 Å². The molecule has 0 aromatic heterocycles. The number of hydrogen-bond acceptors (Lipinski definition) is 2. The third-order valence-electron chi connectivity index (χ3n) is 2.15. The van der Waals surface area contributed by atoms with E-state index >= 15 is 0 Å². The number of carbonyl (C=O) groups excluding carboxylic acids is 1. The predicted molar refractivity (Wildman–Crippen MR) is 49.7 cm³/mol. The Morgan fingerprint density at radius 1 is 1.31 bits per heavy atom. The molecule has 0 heterocycles. The van der Waals surface area contributed by atoms with E-state index in [0.29, 0.717) is 5.69 Å². The average Bonchev–Trinajstić information content (AvgIpc) is 2.08. The summed E-state index contributed by atoms with van der Waals surface area (Å²) in [6.45, 7) is 3.93. The first-order chi connectivity index (χ1) is 6.02. The lowest BCUT2D eigenvalue weighted by atomic mass is 10.1. The number of carbonyl (C=O) groups is 1. The normalized spacial score (nSPS) is 9.77. The minimum absolute atomic E-state index is 0.642. The van der Waals surface area contributed by atoms with Crippen LogP contribution in [-0.4, -0.2) is 13.1 Å². The van der Waals surface area contributed by atoms with Crippen LogP contribution in [0.5, 0.6) is 0 Å². The van der Waals surface area contributed by atoms with Crippen LogP contribution in [0.4, 0.5) is 10.5 Å². The van der Waals surface area contributed by atoms with Gasteiger partial charge in [0.25, 0.3) is 0 Å². The molecule has 0 atom stereocenters. The third-order valence-corrected chi connectivity index (χ3v) is 2.15. The molecule has 3 nitrogen and oxygen atoms in total. The molecule has 1 rings (SSSR count). The molecule has 0 bridgehead atoms. The van der Waals surface area contributed by atoms with E-state index in [1.54, 1.807) is 6.07 Å². The number of hydrogen-bond donors (Lipinski definition) is 0. The van der Waals surface area contributed by atoms with Gasteiger partial charge < -0.3 is 14.8 Å². The van der Waals surface area contributed by atoms with Crippen LogP contribution < -0.4 is 10.0 Å². The summed E-state index contributed by atoms with van der Waals surface area (Å²) < 4.78 is 0. The second-order valence-corrected chi connectivity index (χ2v) is 3.09. The smallest absolute Gasteiger partial charge is 0.141 e. The van der Waals surface area contributed by atoms with E-state index in [2.05, 4.69) is 0 Å². The lowest BCUT2D eigenvalue weighted by Gasteiger charge is -2.20. The molecule has 0 N–H and O–H groups in total. The molecule has 0 radical (unpaired) electrons. The molecule has 1 aromatic rings. The maximum Gasteiger partial charge on any atom is 0.141 e. The zero-order valence-electron chi connectivity index (χ0n) is 8.00. The molecule has 13 heavy (non-hydrogen) atoms. The monoisotopic (exact) mass is 178 g/mol. The van der Waals surface area contributed by atoms with Crippen LogP contribution in [0.15, 0.2) is 18.2 Å². The Kier molecular flexibility index (Phi) is 2.56. The van der Waals surface area contributed by atoms with Crippen molar-refractivity contribution in [1.29, 1.82) is 0 Å². The Labute approximate surface area is 77.6 Å². The van der Waals surface area contributed by atoms with Crippen molar-refractivity contribution < 1.29 is 9.90 Å². The van der Waals surface area contributed by atoms with Crippen molar-refractivity contribution in [3.8, 4) is 0 Å². The molecule has 0 spiro atoms. The minimum Gasteiger partial charge on any atom is -0.530 e. The Bertz CT molecular complexity index is 334. The molecular weight excluding hydrogens is 166 g/mol. The van der Waals surface area contributed by atoms with Gasteiger partial charge in [0, 0.05) is 12.7 Å². The molecule has 0 saturated carbocycles. The summed E-state index contributed by atoms with van der Waals surface area (Å²) in [5.74, 6) is 0. The van der Waals surface area contributed by atoms with Gasteiger partial charge >= 0.3 is 0 Å². The summed E-state index contributed by atoms with van der Waals surface area (Å²) >= 11 is 0. The van der Waals surface area contributed by atoms with Gasteiger partial charge in [-0.05, 0) is 37.1 Å². The van der Waals surface area contributed by atoms with E-state index in [1.807, 2.05) is 26.0 Å². The van der Waals surface area contributed by atoms with Crippen molar-refractivity contribution in [2.75, 3.05) is 11.9 Å². The second kappa shape index (κ2) is 3.47. The zero-order chi connectivity index (χ0) is 10.0.